The molecule has 1 amide bonds. The van der Waals surface area contributed by atoms with Gasteiger partial charge in [0, 0.05) is 43.4 Å². The lowest BCUT2D eigenvalue weighted by Gasteiger charge is -2.35. The minimum Gasteiger partial charge on any atom is -0.353 e. The van der Waals surface area contributed by atoms with E-state index in [1.54, 1.807) is 0 Å². The fourth-order valence-corrected chi connectivity index (χ4v) is 4.78. The third kappa shape index (κ3) is 3.89. The fourth-order valence-electron chi connectivity index (χ4n) is 3.87. The summed E-state index contributed by atoms with van der Waals surface area (Å²) in [5.74, 6) is 0.679. The summed E-state index contributed by atoms with van der Waals surface area (Å²) < 4.78 is 1.36. The highest BCUT2D eigenvalue weighted by atomic mass is 32.1. The van der Waals surface area contributed by atoms with Gasteiger partial charge < -0.3 is 9.80 Å². The first-order chi connectivity index (χ1) is 15.5. The largest absolute Gasteiger partial charge is 0.353 e. The number of hydrogen-bond acceptors (Lipinski definition) is 6. The molecule has 0 N–H and O–H groups in total. The molecule has 32 heavy (non-hydrogen) atoms. The molecule has 0 saturated carbocycles. The maximum Gasteiger partial charge on any atom is 0.277 e. The lowest BCUT2D eigenvalue weighted by Crippen LogP contribution is -2.49. The number of nitrogens with zero attached hydrogens (tertiary/aromatic N) is 5. The summed E-state index contributed by atoms with van der Waals surface area (Å²) >= 11 is 1.40. The molecule has 4 aromatic rings. The number of anilines is 1. The topological polar surface area (TPSA) is 70.8 Å². The molecule has 2 aromatic carbocycles. The van der Waals surface area contributed by atoms with Crippen LogP contribution in [0.5, 0.6) is 0 Å². The predicted octanol–water partition coefficient (Wildman–Crippen LogP) is 3.40. The molecule has 0 radical (unpaired) electrons. The van der Waals surface area contributed by atoms with Gasteiger partial charge in [-0.05, 0) is 26.0 Å². The SMILES string of the molecule is Cc1ccc(-c2nn3c(=O)cc(N4CCN(C(=O)c5cccc(C)c5)CC4)nc3s2)cc1. The minimum atomic E-state index is -0.196. The number of aryl methyl sites for hydroxylation is 2. The van der Waals surface area contributed by atoms with E-state index in [4.69, 9.17) is 4.98 Å². The van der Waals surface area contributed by atoms with E-state index in [9.17, 15) is 9.59 Å². The van der Waals surface area contributed by atoms with E-state index in [0.717, 1.165) is 16.1 Å². The first-order valence-corrected chi connectivity index (χ1v) is 11.4. The van der Waals surface area contributed by atoms with Crippen molar-refractivity contribution in [3.8, 4) is 10.6 Å². The van der Waals surface area contributed by atoms with Gasteiger partial charge in [0.05, 0.1) is 0 Å². The lowest BCUT2D eigenvalue weighted by molar-refractivity contribution is 0.0746. The van der Waals surface area contributed by atoms with Crippen molar-refractivity contribution in [3.63, 3.8) is 0 Å². The number of rotatable bonds is 3. The quantitative estimate of drug-likeness (QED) is 0.483. The molecule has 7 nitrogen and oxygen atoms in total. The second-order valence-corrected chi connectivity index (χ2v) is 9.02. The number of fused-ring (bicyclic) bond motifs is 1. The number of carbonyl (C=O) groups is 1. The van der Waals surface area contributed by atoms with Crippen molar-refractivity contribution >= 4 is 28.0 Å². The van der Waals surface area contributed by atoms with Gasteiger partial charge >= 0.3 is 0 Å². The van der Waals surface area contributed by atoms with Crippen molar-refractivity contribution in [1.29, 1.82) is 0 Å². The van der Waals surface area contributed by atoms with Crippen LogP contribution in [0.25, 0.3) is 15.5 Å². The van der Waals surface area contributed by atoms with E-state index in [-0.39, 0.29) is 11.5 Å². The molecule has 162 valence electrons. The molecule has 1 aliphatic rings. The molecule has 0 aliphatic carbocycles. The average molecular weight is 446 g/mol. The summed E-state index contributed by atoms with van der Waals surface area (Å²) in [5, 5.41) is 5.23. The van der Waals surface area contributed by atoms with Crippen LogP contribution in [-0.2, 0) is 0 Å². The van der Waals surface area contributed by atoms with Gasteiger partial charge in [-0.1, -0.05) is 58.9 Å². The molecule has 1 aliphatic heterocycles. The van der Waals surface area contributed by atoms with Crippen LogP contribution in [0.2, 0.25) is 0 Å². The Morgan fingerprint density at radius 1 is 0.938 bits per heavy atom. The Morgan fingerprint density at radius 3 is 2.41 bits per heavy atom. The normalized spacial score (nSPS) is 14.2. The van der Waals surface area contributed by atoms with Gasteiger partial charge in [0.2, 0.25) is 4.96 Å². The van der Waals surface area contributed by atoms with Gasteiger partial charge in [0.25, 0.3) is 11.5 Å². The summed E-state index contributed by atoms with van der Waals surface area (Å²) in [4.78, 5) is 34.7. The number of hydrogen-bond donors (Lipinski definition) is 0. The number of carbonyl (C=O) groups excluding carboxylic acids is 1. The van der Waals surface area contributed by atoms with E-state index >= 15 is 0 Å². The molecule has 0 atom stereocenters. The third-order valence-electron chi connectivity index (χ3n) is 5.69. The van der Waals surface area contributed by atoms with Crippen LogP contribution >= 0.6 is 11.3 Å². The summed E-state index contributed by atoms with van der Waals surface area (Å²) in [6.07, 6.45) is 0. The van der Waals surface area contributed by atoms with Crippen molar-refractivity contribution in [3.05, 3.63) is 81.6 Å². The number of aromatic nitrogens is 3. The Kier molecular flexibility index (Phi) is 5.22. The zero-order chi connectivity index (χ0) is 22.2. The second-order valence-electron chi connectivity index (χ2n) is 8.07. The second kappa shape index (κ2) is 8.20. The van der Waals surface area contributed by atoms with Crippen LogP contribution in [0.1, 0.15) is 21.5 Å². The van der Waals surface area contributed by atoms with Crippen LogP contribution in [0, 0.1) is 13.8 Å². The molecule has 1 saturated heterocycles. The van der Waals surface area contributed by atoms with Gasteiger partial charge in [-0.2, -0.15) is 9.61 Å². The molecule has 0 bridgehead atoms. The van der Waals surface area contributed by atoms with Crippen LogP contribution in [0.4, 0.5) is 5.82 Å². The molecule has 5 rings (SSSR count). The van der Waals surface area contributed by atoms with Crippen LogP contribution < -0.4 is 10.5 Å². The Labute approximate surface area is 189 Å². The molecule has 3 heterocycles. The minimum absolute atomic E-state index is 0.0435. The summed E-state index contributed by atoms with van der Waals surface area (Å²) in [5.41, 5.74) is 3.73. The molecule has 1 fully saturated rings. The van der Waals surface area contributed by atoms with Gasteiger partial charge in [-0.3, -0.25) is 9.59 Å². The highest BCUT2D eigenvalue weighted by Gasteiger charge is 2.24. The Morgan fingerprint density at radius 2 is 1.69 bits per heavy atom. The number of amides is 1. The van der Waals surface area contributed by atoms with Gasteiger partial charge in [0.1, 0.15) is 10.8 Å². The zero-order valence-corrected chi connectivity index (χ0v) is 18.8. The van der Waals surface area contributed by atoms with Crippen LogP contribution in [0.3, 0.4) is 0 Å². The Balaban J connectivity index is 1.35. The zero-order valence-electron chi connectivity index (χ0n) is 18.0. The van der Waals surface area contributed by atoms with Crippen LogP contribution in [0.15, 0.2) is 59.4 Å². The third-order valence-corrected chi connectivity index (χ3v) is 6.64. The lowest BCUT2D eigenvalue weighted by atomic mass is 10.1. The highest BCUT2D eigenvalue weighted by molar-refractivity contribution is 7.19. The Hall–Kier alpha value is -3.52. The maximum absolute atomic E-state index is 12.8. The molecular weight excluding hydrogens is 422 g/mol. The maximum atomic E-state index is 12.8. The van der Waals surface area contributed by atoms with Crippen LogP contribution in [-0.4, -0.2) is 51.6 Å². The van der Waals surface area contributed by atoms with Gasteiger partial charge in [0.15, 0.2) is 0 Å². The van der Waals surface area contributed by atoms with E-state index in [0.29, 0.717) is 42.5 Å². The molecule has 2 aromatic heterocycles. The van der Waals surface area contributed by atoms with Crippen molar-refractivity contribution < 1.29 is 4.79 Å². The van der Waals surface area contributed by atoms with Gasteiger partial charge in [-0.15, -0.1) is 0 Å². The first kappa shape index (κ1) is 20.4. The fraction of sp³-hybridized carbons (Fsp3) is 0.250. The monoisotopic (exact) mass is 445 g/mol. The highest BCUT2D eigenvalue weighted by Crippen LogP contribution is 2.25. The smallest absolute Gasteiger partial charge is 0.277 e. The van der Waals surface area contributed by atoms with E-state index < -0.39 is 0 Å². The molecule has 0 unspecified atom stereocenters. The molecule has 0 spiro atoms. The standard InChI is InChI=1S/C24H23N5O2S/c1-16-6-8-18(9-7-16)22-26-29-21(30)15-20(25-24(29)32-22)27-10-12-28(13-11-27)23(31)19-5-3-4-17(2)14-19/h3-9,14-15H,10-13H2,1-2H3. The summed E-state index contributed by atoms with van der Waals surface area (Å²) in [7, 11) is 0. The first-order valence-electron chi connectivity index (χ1n) is 10.6. The molecular formula is C24H23N5O2S. The van der Waals surface area contributed by atoms with E-state index in [1.165, 1.54) is 27.5 Å². The van der Waals surface area contributed by atoms with Crippen molar-refractivity contribution in [1.82, 2.24) is 19.5 Å². The van der Waals surface area contributed by atoms with E-state index in [1.807, 2.05) is 67.3 Å². The predicted molar refractivity (Wildman–Crippen MR) is 127 cm³/mol. The number of benzene rings is 2. The van der Waals surface area contributed by atoms with Gasteiger partial charge in [-0.25, -0.2) is 4.98 Å². The van der Waals surface area contributed by atoms with Crippen molar-refractivity contribution in [2.45, 2.75) is 13.8 Å². The van der Waals surface area contributed by atoms with Crippen molar-refractivity contribution in [2.75, 3.05) is 31.1 Å². The number of piperazine rings is 1. The molecule has 8 heteroatoms. The summed E-state index contributed by atoms with van der Waals surface area (Å²) in [6.45, 7) is 6.46. The van der Waals surface area contributed by atoms with Crippen molar-refractivity contribution in [2.24, 2.45) is 0 Å². The summed E-state index contributed by atoms with van der Waals surface area (Å²) in [6, 6.07) is 17.3. The van der Waals surface area contributed by atoms with E-state index in [2.05, 4.69) is 10.00 Å². The Bertz CT molecular complexity index is 1350. The average Bonchev–Trinajstić information content (AvgIpc) is 3.24.